The monoisotopic (exact) mass is 1110 g/mol. The summed E-state index contributed by atoms with van der Waals surface area (Å²) < 4.78 is 17.0. The molecule has 0 aromatic rings. The fraction of sp³-hybridized carbons (Fsp3) is 0.743. The van der Waals surface area contributed by atoms with Gasteiger partial charge >= 0.3 is 17.9 Å². The molecule has 0 radical (unpaired) electrons. The first kappa shape index (κ1) is 76.3. The summed E-state index contributed by atoms with van der Waals surface area (Å²) in [6.45, 7) is 6.54. The van der Waals surface area contributed by atoms with Crippen LogP contribution >= 0.6 is 0 Å². The van der Waals surface area contributed by atoms with Gasteiger partial charge in [-0.3, -0.25) is 14.4 Å². The molecule has 1 unspecified atom stereocenters. The third kappa shape index (κ3) is 65.1. The van der Waals surface area contributed by atoms with Crippen LogP contribution in [0.4, 0.5) is 0 Å². The van der Waals surface area contributed by atoms with E-state index < -0.39 is 6.10 Å². The first-order valence-electron chi connectivity index (χ1n) is 34.2. The summed E-state index contributed by atoms with van der Waals surface area (Å²) in [5.74, 6) is -0.879. The predicted molar refractivity (Wildman–Crippen MR) is 348 cm³/mol. The van der Waals surface area contributed by atoms with Crippen LogP contribution in [-0.2, 0) is 28.6 Å². The second-order valence-electron chi connectivity index (χ2n) is 22.7. The minimum absolute atomic E-state index is 0.0797. The van der Waals surface area contributed by atoms with Crippen LogP contribution in [-0.4, -0.2) is 37.2 Å². The second kappa shape index (κ2) is 67.8. The molecular weight excluding hydrogens is 985 g/mol. The van der Waals surface area contributed by atoms with Gasteiger partial charge in [0.1, 0.15) is 13.2 Å². The highest BCUT2D eigenvalue weighted by Crippen LogP contribution is 2.17. The highest BCUT2D eigenvalue weighted by molar-refractivity contribution is 5.71. The smallest absolute Gasteiger partial charge is 0.306 e. The van der Waals surface area contributed by atoms with Gasteiger partial charge in [0.2, 0.25) is 0 Å². The maximum Gasteiger partial charge on any atom is 0.306 e. The van der Waals surface area contributed by atoms with E-state index in [4.69, 9.17) is 14.2 Å². The van der Waals surface area contributed by atoms with Crippen molar-refractivity contribution in [3.8, 4) is 0 Å². The van der Waals surface area contributed by atoms with Crippen LogP contribution in [0.1, 0.15) is 335 Å². The SMILES string of the molecule is CC/C=C\C/C=C\C/C=C\C/C=C\C/C=C\CCCCCCCCCC(=O)OC(COC(=O)CCCCCCCCCCCCCC)COC(=O)CCCCCCCCCCCCCC/C=C\C/C=C\C/C=C\CCCCCCC. The minimum atomic E-state index is -0.785. The maximum absolute atomic E-state index is 12.9. The van der Waals surface area contributed by atoms with Crippen molar-refractivity contribution in [2.75, 3.05) is 13.2 Å². The first-order chi connectivity index (χ1) is 39.5. The molecule has 6 heteroatoms. The summed E-state index contributed by atoms with van der Waals surface area (Å²) in [7, 11) is 0. The summed E-state index contributed by atoms with van der Waals surface area (Å²) in [6.07, 6.45) is 91.3. The van der Waals surface area contributed by atoms with Crippen molar-refractivity contribution in [1.82, 2.24) is 0 Å². The fourth-order valence-corrected chi connectivity index (χ4v) is 9.71. The van der Waals surface area contributed by atoms with Crippen molar-refractivity contribution >= 4 is 17.9 Å². The molecule has 0 N–H and O–H groups in total. The van der Waals surface area contributed by atoms with E-state index >= 15 is 0 Å². The number of allylic oxidation sites excluding steroid dienone is 16. The number of unbranched alkanes of at least 4 members (excludes halogenated alkanes) is 35. The average molecular weight is 1110 g/mol. The Kier molecular flexibility index (Phi) is 64.7. The van der Waals surface area contributed by atoms with E-state index in [1.807, 2.05) is 0 Å². The fourth-order valence-electron chi connectivity index (χ4n) is 9.71. The molecule has 0 aromatic carbocycles. The topological polar surface area (TPSA) is 78.9 Å². The highest BCUT2D eigenvalue weighted by atomic mass is 16.6. The molecule has 460 valence electrons. The summed E-state index contributed by atoms with van der Waals surface area (Å²) in [4.78, 5) is 38.4. The number of rotatable bonds is 62. The van der Waals surface area contributed by atoms with E-state index in [9.17, 15) is 14.4 Å². The van der Waals surface area contributed by atoms with Crippen molar-refractivity contribution in [2.45, 2.75) is 341 Å². The Morgan fingerprint density at radius 3 is 0.762 bits per heavy atom. The van der Waals surface area contributed by atoms with E-state index in [2.05, 4.69) is 118 Å². The second-order valence-corrected chi connectivity index (χ2v) is 22.7. The molecule has 0 saturated carbocycles. The number of ether oxygens (including phenoxy) is 3. The molecule has 0 bridgehead atoms. The van der Waals surface area contributed by atoms with Crippen molar-refractivity contribution in [3.05, 3.63) is 97.2 Å². The Balaban J connectivity index is 4.29. The molecule has 0 fully saturated rings. The van der Waals surface area contributed by atoms with Crippen LogP contribution in [0.15, 0.2) is 97.2 Å². The molecule has 0 spiro atoms. The summed E-state index contributed by atoms with van der Waals surface area (Å²) in [5, 5.41) is 0. The van der Waals surface area contributed by atoms with Crippen LogP contribution in [0.5, 0.6) is 0 Å². The van der Waals surface area contributed by atoms with Gasteiger partial charge in [0.15, 0.2) is 6.10 Å². The summed E-state index contributed by atoms with van der Waals surface area (Å²) in [6, 6.07) is 0. The largest absolute Gasteiger partial charge is 0.462 e. The molecule has 0 aliphatic carbocycles. The van der Waals surface area contributed by atoms with E-state index in [0.717, 1.165) is 109 Å². The summed E-state index contributed by atoms with van der Waals surface area (Å²) >= 11 is 0. The molecule has 80 heavy (non-hydrogen) atoms. The van der Waals surface area contributed by atoms with Gasteiger partial charge in [-0.2, -0.15) is 0 Å². The maximum atomic E-state index is 12.9. The Bertz CT molecular complexity index is 1560. The Morgan fingerprint density at radius 1 is 0.263 bits per heavy atom. The Morgan fingerprint density at radius 2 is 0.487 bits per heavy atom. The van der Waals surface area contributed by atoms with Gasteiger partial charge in [-0.05, 0) is 103 Å². The molecule has 6 nitrogen and oxygen atoms in total. The normalized spacial score (nSPS) is 12.7. The van der Waals surface area contributed by atoms with Gasteiger partial charge < -0.3 is 14.2 Å². The zero-order chi connectivity index (χ0) is 57.8. The molecular formula is C74H128O6. The molecule has 0 heterocycles. The van der Waals surface area contributed by atoms with E-state index in [1.54, 1.807) is 0 Å². The van der Waals surface area contributed by atoms with Gasteiger partial charge in [-0.1, -0.05) is 311 Å². The number of carbonyl (C=O) groups excluding carboxylic acids is 3. The third-order valence-electron chi connectivity index (χ3n) is 14.8. The molecule has 0 rings (SSSR count). The zero-order valence-corrected chi connectivity index (χ0v) is 52.8. The van der Waals surface area contributed by atoms with Crippen molar-refractivity contribution < 1.29 is 28.6 Å². The zero-order valence-electron chi connectivity index (χ0n) is 52.8. The van der Waals surface area contributed by atoms with Gasteiger partial charge in [0, 0.05) is 19.3 Å². The predicted octanol–water partition coefficient (Wildman–Crippen LogP) is 23.6. The lowest BCUT2D eigenvalue weighted by Crippen LogP contribution is -2.30. The number of hydrogen-bond acceptors (Lipinski definition) is 6. The van der Waals surface area contributed by atoms with Crippen LogP contribution < -0.4 is 0 Å². The van der Waals surface area contributed by atoms with Gasteiger partial charge in [0.05, 0.1) is 0 Å². The quantitative estimate of drug-likeness (QED) is 0.0261. The van der Waals surface area contributed by atoms with Crippen molar-refractivity contribution in [1.29, 1.82) is 0 Å². The standard InChI is InChI=1S/C74H128O6/c1-4-7-10-13-16-19-22-25-27-29-31-33-35-36-37-38-40-41-43-45-47-49-52-55-58-61-64-67-73(76)79-70-71(69-78-72(75)66-63-60-57-54-51-24-21-18-15-12-9-6-3)80-74(77)68-65-62-59-56-53-50-48-46-44-42-39-34-32-30-28-26-23-20-17-14-11-8-5-2/h8,11,17,20,22,25-26,28-29,31-32,34-36,42,44,71H,4-7,9-10,12-16,18-19,21,23-24,27,30,33,37-41,43,45-70H2,1-3H3/b11-8-,20-17-,25-22-,28-26-,31-29-,34-32-,36-35-,44-42-. The lowest BCUT2D eigenvalue weighted by atomic mass is 10.0. The lowest BCUT2D eigenvalue weighted by Gasteiger charge is -2.18. The third-order valence-corrected chi connectivity index (χ3v) is 14.8. The van der Waals surface area contributed by atoms with Gasteiger partial charge in [-0.25, -0.2) is 0 Å². The van der Waals surface area contributed by atoms with Crippen LogP contribution in [0.2, 0.25) is 0 Å². The Labute approximate surface area is 496 Å². The number of esters is 3. The van der Waals surface area contributed by atoms with E-state index in [1.165, 1.54) is 186 Å². The first-order valence-corrected chi connectivity index (χ1v) is 34.2. The molecule has 0 aliphatic heterocycles. The Hall–Kier alpha value is -3.67. The van der Waals surface area contributed by atoms with Gasteiger partial charge in [0.25, 0.3) is 0 Å². The van der Waals surface area contributed by atoms with Crippen LogP contribution in [0.25, 0.3) is 0 Å². The molecule has 0 aliphatic rings. The molecule has 0 aromatic heterocycles. The summed E-state index contributed by atoms with van der Waals surface area (Å²) in [5.41, 5.74) is 0. The van der Waals surface area contributed by atoms with E-state index in [-0.39, 0.29) is 31.1 Å². The molecule has 0 amide bonds. The molecule has 0 saturated heterocycles. The van der Waals surface area contributed by atoms with Crippen LogP contribution in [0.3, 0.4) is 0 Å². The molecule has 1 atom stereocenters. The van der Waals surface area contributed by atoms with Crippen LogP contribution in [0, 0.1) is 0 Å². The lowest BCUT2D eigenvalue weighted by molar-refractivity contribution is -0.167. The van der Waals surface area contributed by atoms with Gasteiger partial charge in [-0.15, -0.1) is 0 Å². The number of carbonyl (C=O) groups is 3. The minimum Gasteiger partial charge on any atom is -0.462 e. The highest BCUT2D eigenvalue weighted by Gasteiger charge is 2.19. The number of hydrogen-bond donors (Lipinski definition) is 0. The average Bonchev–Trinajstić information content (AvgIpc) is 3.46. The van der Waals surface area contributed by atoms with Crippen molar-refractivity contribution in [3.63, 3.8) is 0 Å². The van der Waals surface area contributed by atoms with Crippen molar-refractivity contribution in [2.24, 2.45) is 0 Å². The van der Waals surface area contributed by atoms with E-state index in [0.29, 0.717) is 19.3 Å².